The molecule has 73 heavy (non-hydrogen) atoms. The monoisotopic (exact) mass is 998 g/mol. The zero-order valence-electron chi connectivity index (χ0n) is 42.1. The number of esters is 4. The van der Waals surface area contributed by atoms with E-state index in [1.165, 1.54) is 0 Å². The summed E-state index contributed by atoms with van der Waals surface area (Å²) in [4.78, 5) is 55.2. The van der Waals surface area contributed by atoms with Crippen molar-refractivity contribution in [3.05, 3.63) is 179 Å². The summed E-state index contributed by atoms with van der Waals surface area (Å²) in [6, 6.07) is 44.1. The molecule has 0 aromatic heterocycles. The maximum absolute atomic E-state index is 14.4. The van der Waals surface area contributed by atoms with Crippen molar-refractivity contribution in [2.45, 2.75) is 116 Å². The largest absolute Gasteiger partial charge is 0.459 e. The standard InChI is InChI=1S/C59H66O14/c1-7-46-36(2)38(4)50(57(67-46)66-33-41-23-13-8-14-24-41)73-59-52(71-56(63)45-31-21-12-22-32-45)49(40(6)48(69-59)35-65-54(61)43-27-17-10-18-28-43)72-58-51(70-55(62)44-29-19-11-20-30-44)39(5)37(3)47(68-58)34-64-53(60)42-25-15-9-16-26-42/h8-32,36-40,46-52,57-59H,7,33-35H2,1-6H3/t36-,37-,38+,39+,40+,46?,47?,48?,49+,50?,51?,52?,57-,58+,59+/m1/s1. The average Bonchev–Trinajstić information content (AvgIpc) is 3.43. The summed E-state index contributed by atoms with van der Waals surface area (Å²) in [5, 5.41) is 0. The second-order valence-corrected chi connectivity index (χ2v) is 19.2. The molecule has 8 rings (SSSR count). The van der Waals surface area contributed by atoms with Crippen molar-refractivity contribution in [1.29, 1.82) is 0 Å². The van der Waals surface area contributed by atoms with E-state index in [1.807, 2.05) is 57.2 Å². The molecule has 3 heterocycles. The van der Waals surface area contributed by atoms with Gasteiger partial charge in [0, 0.05) is 11.8 Å². The molecule has 14 heteroatoms. The smallest absolute Gasteiger partial charge is 0.338 e. The maximum atomic E-state index is 14.4. The first-order valence-corrected chi connectivity index (χ1v) is 25.3. The number of carbonyl (C=O) groups excluding carboxylic acids is 4. The van der Waals surface area contributed by atoms with Crippen LogP contribution in [0.5, 0.6) is 0 Å². The molecule has 386 valence electrons. The van der Waals surface area contributed by atoms with E-state index in [-0.39, 0.29) is 49.2 Å². The van der Waals surface area contributed by atoms with Gasteiger partial charge in [0.15, 0.2) is 31.1 Å². The Morgan fingerprint density at radius 1 is 0.397 bits per heavy atom. The third-order valence-electron chi connectivity index (χ3n) is 14.6. The number of rotatable bonds is 18. The lowest BCUT2D eigenvalue weighted by molar-refractivity contribution is -0.370. The number of ether oxygens (including phenoxy) is 10. The minimum absolute atomic E-state index is 0.00109. The molecule has 3 aliphatic rings. The number of hydrogen-bond acceptors (Lipinski definition) is 14. The molecule has 0 saturated carbocycles. The quantitative estimate of drug-likeness (QED) is 0.0603. The zero-order valence-corrected chi connectivity index (χ0v) is 42.1. The van der Waals surface area contributed by atoms with Gasteiger partial charge in [0.2, 0.25) is 0 Å². The van der Waals surface area contributed by atoms with Crippen LogP contribution in [0.25, 0.3) is 0 Å². The number of hydrogen-bond donors (Lipinski definition) is 0. The van der Waals surface area contributed by atoms with E-state index in [0.29, 0.717) is 16.7 Å². The van der Waals surface area contributed by atoms with Crippen molar-refractivity contribution in [3.8, 4) is 0 Å². The van der Waals surface area contributed by atoms with Gasteiger partial charge in [-0.3, -0.25) is 0 Å². The summed E-state index contributed by atoms with van der Waals surface area (Å²) >= 11 is 0. The van der Waals surface area contributed by atoms with Gasteiger partial charge in [0.1, 0.15) is 31.5 Å². The van der Waals surface area contributed by atoms with E-state index in [0.717, 1.165) is 12.0 Å². The van der Waals surface area contributed by atoms with Gasteiger partial charge in [-0.1, -0.05) is 145 Å². The minimum atomic E-state index is -1.38. The average molecular weight is 999 g/mol. The molecule has 5 aromatic carbocycles. The van der Waals surface area contributed by atoms with Crippen LogP contribution in [0.4, 0.5) is 0 Å². The SMILES string of the molecule is CCC1O[C@@H](OCc2ccccc2)C(O[C@@H]2OC(COC(=O)c3ccccc3)[C@H](C)[C@H](O[C@@H]3OC(COC(=O)c4ccccc4)[C@H](C)[C@H](C)C3OC(=O)c3ccccc3)C2OC(=O)c2ccccc2)[C@@H](C)[C@H]1C. The molecular formula is C59H66O14. The van der Waals surface area contributed by atoms with Gasteiger partial charge in [-0.15, -0.1) is 0 Å². The van der Waals surface area contributed by atoms with Gasteiger partial charge in [-0.25, -0.2) is 19.2 Å². The predicted octanol–water partition coefficient (Wildman–Crippen LogP) is 9.90. The van der Waals surface area contributed by atoms with Gasteiger partial charge >= 0.3 is 23.9 Å². The Morgan fingerprint density at radius 2 is 0.767 bits per heavy atom. The van der Waals surface area contributed by atoms with Crippen molar-refractivity contribution in [3.63, 3.8) is 0 Å². The lowest BCUT2D eigenvalue weighted by atomic mass is 9.82. The van der Waals surface area contributed by atoms with Crippen LogP contribution in [0.2, 0.25) is 0 Å². The molecule has 0 N–H and O–H groups in total. The number of benzene rings is 5. The molecule has 0 aliphatic carbocycles. The van der Waals surface area contributed by atoms with Gasteiger partial charge < -0.3 is 47.4 Å². The van der Waals surface area contributed by atoms with Crippen molar-refractivity contribution in [2.24, 2.45) is 29.6 Å². The summed E-state index contributed by atoms with van der Waals surface area (Å²) in [5.74, 6) is -4.06. The molecule has 0 amide bonds. The fourth-order valence-electron chi connectivity index (χ4n) is 9.66. The first kappa shape index (κ1) is 53.0. The highest BCUT2D eigenvalue weighted by atomic mass is 16.8. The lowest BCUT2D eigenvalue weighted by Gasteiger charge is -2.50. The second-order valence-electron chi connectivity index (χ2n) is 19.2. The molecule has 6 unspecified atom stereocenters. The first-order valence-electron chi connectivity index (χ1n) is 25.3. The van der Waals surface area contributed by atoms with Crippen LogP contribution in [0.3, 0.4) is 0 Å². The Morgan fingerprint density at radius 3 is 1.25 bits per heavy atom. The third-order valence-corrected chi connectivity index (χ3v) is 14.6. The molecule has 3 aliphatic heterocycles. The van der Waals surface area contributed by atoms with E-state index >= 15 is 0 Å². The van der Waals surface area contributed by atoms with Crippen molar-refractivity contribution < 1.29 is 66.5 Å². The van der Waals surface area contributed by atoms with Crippen LogP contribution >= 0.6 is 0 Å². The summed E-state index contributed by atoms with van der Waals surface area (Å²) in [5.41, 5.74) is 2.22. The van der Waals surface area contributed by atoms with E-state index in [9.17, 15) is 19.2 Å². The highest BCUT2D eigenvalue weighted by Crippen LogP contribution is 2.42. The Hall–Kier alpha value is -6.26. The summed E-state index contributed by atoms with van der Waals surface area (Å²) in [6.07, 6.45) is -8.99. The fourth-order valence-corrected chi connectivity index (χ4v) is 9.66. The molecule has 0 spiro atoms. The minimum Gasteiger partial charge on any atom is -0.459 e. The summed E-state index contributed by atoms with van der Waals surface area (Å²) in [7, 11) is 0. The van der Waals surface area contributed by atoms with E-state index in [2.05, 4.69) is 20.8 Å². The van der Waals surface area contributed by atoms with Crippen molar-refractivity contribution in [2.75, 3.05) is 13.2 Å². The summed E-state index contributed by atoms with van der Waals surface area (Å²) < 4.78 is 65.8. The second kappa shape index (κ2) is 25.1. The summed E-state index contributed by atoms with van der Waals surface area (Å²) in [6.45, 7) is 11.7. The predicted molar refractivity (Wildman–Crippen MR) is 268 cm³/mol. The molecule has 5 aromatic rings. The highest BCUT2D eigenvalue weighted by molar-refractivity contribution is 5.91. The van der Waals surface area contributed by atoms with E-state index < -0.39 is 91.2 Å². The lowest BCUT2D eigenvalue weighted by Crippen LogP contribution is -2.63. The molecule has 0 bridgehead atoms. The van der Waals surface area contributed by atoms with Crippen LogP contribution in [-0.2, 0) is 54.0 Å². The molecule has 15 atom stereocenters. The Balaban J connectivity index is 1.17. The zero-order chi connectivity index (χ0) is 51.4. The molecule has 3 saturated heterocycles. The van der Waals surface area contributed by atoms with Gasteiger partial charge in [-0.05, 0) is 78.3 Å². The van der Waals surface area contributed by atoms with Crippen LogP contribution in [0, 0.1) is 29.6 Å². The number of carbonyl (C=O) groups is 4. The molecule has 14 nitrogen and oxygen atoms in total. The van der Waals surface area contributed by atoms with Gasteiger partial charge in [0.05, 0.1) is 41.1 Å². The van der Waals surface area contributed by atoms with E-state index in [4.69, 9.17) is 47.4 Å². The highest BCUT2D eigenvalue weighted by Gasteiger charge is 2.55. The van der Waals surface area contributed by atoms with Crippen LogP contribution in [0.1, 0.15) is 95.0 Å². The van der Waals surface area contributed by atoms with Crippen molar-refractivity contribution >= 4 is 23.9 Å². The third kappa shape index (κ3) is 13.1. The molecule has 0 radical (unpaired) electrons. The van der Waals surface area contributed by atoms with Crippen LogP contribution in [-0.4, -0.2) is 98.7 Å². The Bertz CT molecular complexity index is 2530. The normalized spacial score (nSPS) is 30.1. The fraction of sp³-hybridized carbons (Fsp3) is 0.424. The van der Waals surface area contributed by atoms with Crippen LogP contribution < -0.4 is 0 Å². The topological polar surface area (TPSA) is 161 Å². The van der Waals surface area contributed by atoms with Crippen molar-refractivity contribution in [1.82, 2.24) is 0 Å². The van der Waals surface area contributed by atoms with E-state index in [1.54, 1.807) is 115 Å². The Kier molecular flexibility index (Phi) is 18.3. The maximum Gasteiger partial charge on any atom is 0.338 e. The van der Waals surface area contributed by atoms with Gasteiger partial charge in [-0.2, -0.15) is 0 Å². The van der Waals surface area contributed by atoms with Crippen LogP contribution in [0.15, 0.2) is 152 Å². The molecular weight excluding hydrogens is 933 g/mol. The first-order chi connectivity index (χ1) is 35.4. The molecule has 3 fully saturated rings. The Labute approximate surface area is 427 Å². The van der Waals surface area contributed by atoms with Gasteiger partial charge in [0.25, 0.3) is 0 Å².